The van der Waals surface area contributed by atoms with Gasteiger partial charge in [0.1, 0.15) is 10.9 Å². The highest BCUT2D eigenvalue weighted by atomic mass is 32.1. The Morgan fingerprint density at radius 1 is 1.25 bits per heavy atom. The van der Waals surface area contributed by atoms with Crippen LogP contribution in [0.5, 0.6) is 0 Å². The van der Waals surface area contributed by atoms with Crippen molar-refractivity contribution in [1.82, 2.24) is 9.97 Å². The minimum absolute atomic E-state index is 0.197. The van der Waals surface area contributed by atoms with Crippen LogP contribution in [0.3, 0.4) is 0 Å². The Morgan fingerprint density at radius 3 is 3.00 bits per heavy atom. The van der Waals surface area contributed by atoms with Gasteiger partial charge in [-0.3, -0.25) is 0 Å². The van der Waals surface area contributed by atoms with Gasteiger partial charge in [0, 0.05) is 4.88 Å². The van der Waals surface area contributed by atoms with Gasteiger partial charge in [0.15, 0.2) is 11.6 Å². The molecule has 0 spiro atoms. The smallest absolute Gasteiger partial charge is 0.163 e. The summed E-state index contributed by atoms with van der Waals surface area (Å²) in [4.78, 5) is 11.6. The van der Waals surface area contributed by atoms with E-state index < -0.39 is 0 Å². The van der Waals surface area contributed by atoms with Gasteiger partial charge in [-0.2, -0.15) is 0 Å². The van der Waals surface area contributed by atoms with Crippen LogP contribution < -0.4 is 11.3 Å². The van der Waals surface area contributed by atoms with E-state index in [4.69, 9.17) is 15.3 Å². The van der Waals surface area contributed by atoms with Crippen molar-refractivity contribution >= 4 is 27.4 Å². The number of nitrogen functional groups attached to an aromatic ring is 1. The normalized spacial score (nSPS) is 22.1. The molecule has 1 unspecified atom stereocenters. The molecule has 1 saturated heterocycles. The first-order valence-electron chi connectivity index (χ1n) is 6.85. The Kier molecular flexibility index (Phi) is 3.07. The molecule has 1 aliphatic heterocycles. The molecule has 6 nitrogen and oxygen atoms in total. The number of hydrogen-bond acceptors (Lipinski definition) is 7. The Hall–Kier alpha value is -1.28. The molecular formula is C13H16N4O2S. The van der Waals surface area contributed by atoms with Crippen molar-refractivity contribution in [2.24, 2.45) is 5.84 Å². The number of hydrogen-bond donors (Lipinski definition) is 2. The summed E-state index contributed by atoms with van der Waals surface area (Å²) < 4.78 is 11.1. The van der Waals surface area contributed by atoms with Crippen molar-refractivity contribution in [3.63, 3.8) is 0 Å². The summed E-state index contributed by atoms with van der Waals surface area (Å²) in [5.41, 5.74) is 4.09. The third-order valence-corrected chi connectivity index (χ3v) is 5.01. The summed E-state index contributed by atoms with van der Waals surface area (Å²) in [6.07, 6.45) is 3.24. The van der Waals surface area contributed by atoms with Crippen molar-refractivity contribution in [1.29, 1.82) is 0 Å². The summed E-state index contributed by atoms with van der Waals surface area (Å²) in [5.74, 6) is 7.02. The average molecular weight is 292 g/mol. The van der Waals surface area contributed by atoms with Crippen LogP contribution in [0.1, 0.15) is 28.8 Å². The molecule has 3 N–H and O–H groups in total. The van der Waals surface area contributed by atoms with Crippen molar-refractivity contribution in [2.45, 2.75) is 25.4 Å². The summed E-state index contributed by atoms with van der Waals surface area (Å²) >= 11 is 1.75. The van der Waals surface area contributed by atoms with Crippen LogP contribution in [0.2, 0.25) is 0 Å². The number of thiophene rings is 1. The number of hydrazine groups is 1. The van der Waals surface area contributed by atoms with E-state index in [-0.39, 0.29) is 6.10 Å². The predicted octanol–water partition coefficient (Wildman–Crippen LogP) is 1.55. The lowest BCUT2D eigenvalue weighted by Crippen LogP contribution is -2.24. The average Bonchev–Trinajstić information content (AvgIpc) is 3.07. The molecule has 106 valence electrons. The Labute approximate surface area is 120 Å². The fraction of sp³-hybridized carbons (Fsp3) is 0.538. The van der Waals surface area contributed by atoms with Gasteiger partial charge in [0.05, 0.1) is 25.2 Å². The van der Waals surface area contributed by atoms with Crippen molar-refractivity contribution < 1.29 is 9.47 Å². The minimum atomic E-state index is -0.197. The molecular weight excluding hydrogens is 276 g/mol. The lowest BCUT2D eigenvalue weighted by Gasteiger charge is -2.22. The number of anilines is 1. The zero-order chi connectivity index (χ0) is 13.5. The second-order valence-electron chi connectivity index (χ2n) is 5.05. The van der Waals surface area contributed by atoms with E-state index in [1.54, 1.807) is 11.3 Å². The van der Waals surface area contributed by atoms with E-state index in [1.807, 2.05) is 0 Å². The van der Waals surface area contributed by atoms with E-state index in [0.29, 0.717) is 31.5 Å². The molecule has 3 heterocycles. The summed E-state index contributed by atoms with van der Waals surface area (Å²) in [7, 11) is 0. The van der Waals surface area contributed by atoms with Gasteiger partial charge in [-0.15, -0.1) is 11.3 Å². The molecule has 4 rings (SSSR count). The molecule has 0 aromatic carbocycles. The molecule has 0 saturated carbocycles. The quantitative estimate of drug-likeness (QED) is 0.645. The molecule has 2 aromatic heterocycles. The van der Waals surface area contributed by atoms with E-state index in [2.05, 4.69) is 15.4 Å². The molecule has 1 aliphatic carbocycles. The standard InChI is InChI=1S/C13H16N4O2S/c14-17-12-10-7-2-1-3-9(7)20-13(10)16-11(15-12)8-6-18-4-5-19-8/h8H,1-6,14H2,(H,15,16,17). The van der Waals surface area contributed by atoms with E-state index in [9.17, 15) is 0 Å². The SMILES string of the molecule is NNc1nc(C2COCCO2)nc2sc3c(c12)CCC3. The van der Waals surface area contributed by atoms with Crippen molar-refractivity contribution in [3.05, 3.63) is 16.3 Å². The number of nitrogens with zero attached hydrogens (tertiary/aromatic N) is 2. The molecule has 0 radical (unpaired) electrons. The first-order chi connectivity index (χ1) is 9.86. The van der Waals surface area contributed by atoms with Crippen molar-refractivity contribution in [3.8, 4) is 0 Å². The largest absolute Gasteiger partial charge is 0.376 e. The lowest BCUT2D eigenvalue weighted by atomic mass is 10.2. The zero-order valence-electron chi connectivity index (χ0n) is 11.0. The first kappa shape index (κ1) is 12.5. The van der Waals surface area contributed by atoms with Crippen LogP contribution >= 0.6 is 11.3 Å². The zero-order valence-corrected chi connectivity index (χ0v) is 11.8. The third-order valence-electron chi connectivity index (χ3n) is 3.82. The lowest BCUT2D eigenvalue weighted by molar-refractivity contribution is -0.0933. The predicted molar refractivity (Wildman–Crippen MR) is 76.8 cm³/mol. The highest BCUT2D eigenvalue weighted by molar-refractivity contribution is 7.19. The summed E-state index contributed by atoms with van der Waals surface area (Å²) in [6.45, 7) is 1.72. The fourth-order valence-corrected chi connectivity index (χ4v) is 4.17. The fourth-order valence-electron chi connectivity index (χ4n) is 2.90. The van der Waals surface area contributed by atoms with Gasteiger partial charge in [0.25, 0.3) is 0 Å². The van der Waals surface area contributed by atoms with Gasteiger partial charge in [-0.05, 0) is 24.8 Å². The Balaban J connectivity index is 1.84. The van der Waals surface area contributed by atoms with Crippen LogP contribution in [0, 0.1) is 0 Å². The number of ether oxygens (including phenoxy) is 2. The van der Waals surface area contributed by atoms with E-state index >= 15 is 0 Å². The number of aryl methyl sites for hydroxylation is 2. The molecule has 0 bridgehead atoms. The van der Waals surface area contributed by atoms with Gasteiger partial charge in [0.2, 0.25) is 0 Å². The molecule has 20 heavy (non-hydrogen) atoms. The van der Waals surface area contributed by atoms with Gasteiger partial charge in [-0.25, -0.2) is 15.8 Å². The third kappa shape index (κ3) is 1.89. The Bertz CT molecular complexity index is 651. The van der Waals surface area contributed by atoms with Crippen LogP contribution in [-0.4, -0.2) is 29.8 Å². The molecule has 0 amide bonds. The van der Waals surface area contributed by atoms with Crippen LogP contribution in [0.4, 0.5) is 5.82 Å². The first-order valence-corrected chi connectivity index (χ1v) is 7.66. The topological polar surface area (TPSA) is 82.3 Å². The monoisotopic (exact) mass is 292 g/mol. The molecule has 2 aromatic rings. The molecule has 2 aliphatic rings. The molecule has 1 atom stereocenters. The second-order valence-corrected chi connectivity index (χ2v) is 6.13. The Morgan fingerprint density at radius 2 is 2.20 bits per heavy atom. The van der Waals surface area contributed by atoms with Crippen molar-refractivity contribution in [2.75, 3.05) is 25.2 Å². The minimum Gasteiger partial charge on any atom is -0.376 e. The molecule has 7 heteroatoms. The number of nitrogens with one attached hydrogen (secondary N) is 1. The van der Waals surface area contributed by atoms with Gasteiger partial charge < -0.3 is 14.9 Å². The molecule has 1 fully saturated rings. The maximum Gasteiger partial charge on any atom is 0.163 e. The number of fused-ring (bicyclic) bond motifs is 3. The van der Waals surface area contributed by atoms with Crippen LogP contribution in [0.15, 0.2) is 0 Å². The highest BCUT2D eigenvalue weighted by Crippen LogP contribution is 2.39. The number of aromatic nitrogens is 2. The van der Waals surface area contributed by atoms with E-state index in [1.165, 1.54) is 16.9 Å². The summed E-state index contributed by atoms with van der Waals surface area (Å²) in [6, 6.07) is 0. The number of rotatable bonds is 2. The second kappa shape index (κ2) is 4.92. The van der Waals surface area contributed by atoms with Crippen LogP contribution in [0.25, 0.3) is 10.2 Å². The van der Waals surface area contributed by atoms with Gasteiger partial charge in [-0.1, -0.05) is 0 Å². The summed E-state index contributed by atoms with van der Waals surface area (Å²) in [5, 5.41) is 1.09. The maximum atomic E-state index is 5.68. The highest BCUT2D eigenvalue weighted by Gasteiger charge is 2.25. The van der Waals surface area contributed by atoms with E-state index in [0.717, 1.165) is 23.1 Å². The van der Waals surface area contributed by atoms with Crippen LogP contribution in [-0.2, 0) is 22.3 Å². The van der Waals surface area contributed by atoms with Gasteiger partial charge >= 0.3 is 0 Å². The number of nitrogens with two attached hydrogens (primary N) is 1. The maximum absolute atomic E-state index is 5.68.